The Bertz CT molecular complexity index is 484. The van der Waals surface area contributed by atoms with E-state index in [-0.39, 0.29) is 5.91 Å². The van der Waals surface area contributed by atoms with Gasteiger partial charge in [-0.1, -0.05) is 19.1 Å². The third-order valence-electron chi connectivity index (χ3n) is 4.43. The number of likely N-dealkylation sites (tertiary alicyclic amines) is 1. The molecule has 0 aromatic heterocycles. The lowest BCUT2D eigenvalue weighted by Gasteiger charge is -2.30. The Hall–Kier alpha value is -1.39. The average molecular weight is 317 g/mol. The summed E-state index contributed by atoms with van der Waals surface area (Å²) in [5.74, 6) is 0.831. The number of benzene rings is 1. The molecule has 0 unspecified atom stereocenters. The molecule has 1 heterocycles. The summed E-state index contributed by atoms with van der Waals surface area (Å²) in [5, 5.41) is 2.98. The summed E-state index contributed by atoms with van der Waals surface area (Å²) in [6.07, 6.45) is 3.63. The SMILES string of the molecule is C[C@@H]1CCCN(Cc2ccc(C(=O)NCCCN(C)C)cc2)C1. The quantitative estimate of drug-likeness (QED) is 0.785. The Labute approximate surface area is 140 Å². The highest BCUT2D eigenvalue weighted by Crippen LogP contribution is 2.18. The fraction of sp³-hybridized carbons (Fsp3) is 0.632. The van der Waals surface area contributed by atoms with Crippen LogP contribution in [0.2, 0.25) is 0 Å². The smallest absolute Gasteiger partial charge is 0.251 e. The van der Waals surface area contributed by atoms with Crippen molar-refractivity contribution in [3.05, 3.63) is 35.4 Å². The molecule has 0 bridgehead atoms. The summed E-state index contributed by atoms with van der Waals surface area (Å²) in [4.78, 5) is 16.7. The van der Waals surface area contributed by atoms with Crippen LogP contribution in [0.1, 0.15) is 42.1 Å². The Kier molecular flexibility index (Phi) is 7.06. The Morgan fingerprint density at radius 2 is 2.04 bits per heavy atom. The second-order valence-electron chi connectivity index (χ2n) is 7.09. The van der Waals surface area contributed by atoms with Crippen molar-refractivity contribution in [1.29, 1.82) is 0 Å². The lowest BCUT2D eigenvalue weighted by atomic mass is 9.99. The third-order valence-corrected chi connectivity index (χ3v) is 4.43. The minimum atomic E-state index is 0.0295. The summed E-state index contributed by atoms with van der Waals surface area (Å²) in [6, 6.07) is 8.08. The number of hydrogen-bond donors (Lipinski definition) is 1. The monoisotopic (exact) mass is 317 g/mol. The summed E-state index contributed by atoms with van der Waals surface area (Å²) in [6.45, 7) is 7.43. The number of hydrogen-bond acceptors (Lipinski definition) is 3. The Balaban J connectivity index is 1.78. The molecule has 4 heteroatoms. The molecule has 1 aliphatic rings. The van der Waals surface area contributed by atoms with Crippen molar-refractivity contribution < 1.29 is 4.79 Å². The molecule has 23 heavy (non-hydrogen) atoms. The van der Waals surface area contributed by atoms with E-state index in [0.29, 0.717) is 0 Å². The highest BCUT2D eigenvalue weighted by molar-refractivity contribution is 5.94. The zero-order valence-electron chi connectivity index (χ0n) is 14.8. The van der Waals surface area contributed by atoms with Crippen LogP contribution in [-0.4, -0.2) is 56.0 Å². The van der Waals surface area contributed by atoms with Crippen molar-refractivity contribution in [1.82, 2.24) is 15.1 Å². The van der Waals surface area contributed by atoms with Gasteiger partial charge in [0.25, 0.3) is 5.91 Å². The summed E-state index contributed by atoms with van der Waals surface area (Å²) in [7, 11) is 4.09. The second kappa shape index (κ2) is 9.04. The normalized spacial score (nSPS) is 19.0. The van der Waals surface area contributed by atoms with Crippen LogP contribution < -0.4 is 5.32 Å². The van der Waals surface area contributed by atoms with Crippen LogP contribution in [0, 0.1) is 5.92 Å². The van der Waals surface area contributed by atoms with E-state index in [1.165, 1.54) is 31.5 Å². The predicted octanol–water partition coefficient (Wildman–Crippen LogP) is 2.60. The summed E-state index contributed by atoms with van der Waals surface area (Å²) >= 11 is 0. The van der Waals surface area contributed by atoms with Crippen LogP contribution in [-0.2, 0) is 6.54 Å². The molecule has 128 valence electrons. The Morgan fingerprint density at radius 1 is 1.30 bits per heavy atom. The maximum Gasteiger partial charge on any atom is 0.251 e. The second-order valence-corrected chi connectivity index (χ2v) is 7.09. The van der Waals surface area contributed by atoms with Crippen LogP contribution in [0.25, 0.3) is 0 Å². The van der Waals surface area contributed by atoms with Gasteiger partial charge in [0.15, 0.2) is 0 Å². The number of piperidine rings is 1. The maximum absolute atomic E-state index is 12.1. The van der Waals surface area contributed by atoms with Crippen molar-refractivity contribution in [3.63, 3.8) is 0 Å². The van der Waals surface area contributed by atoms with E-state index in [2.05, 4.69) is 34.2 Å². The molecule has 1 aromatic carbocycles. The molecule has 1 aromatic rings. The van der Waals surface area contributed by atoms with Crippen LogP contribution in [0.5, 0.6) is 0 Å². The first-order valence-electron chi connectivity index (χ1n) is 8.79. The van der Waals surface area contributed by atoms with Gasteiger partial charge in [-0.2, -0.15) is 0 Å². The van der Waals surface area contributed by atoms with Crippen molar-refractivity contribution >= 4 is 5.91 Å². The number of carbonyl (C=O) groups excluding carboxylic acids is 1. The van der Waals surface area contributed by atoms with E-state index in [0.717, 1.165) is 37.5 Å². The average Bonchev–Trinajstić information content (AvgIpc) is 2.52. The van der Waals surface area contributed by atoms with Gasteiger partial charge in [-0.3, -0.25) is 9.69 Å². The van der Waals surface area contributed by atoms with E-state index in [1.807, 2.05) is 26.2 Å². The van der Waals surface area contributed by atoms with Crippen molar-refractivity contribution in [2.45, 2.75) is 32.7 Å². The van der Waals surface area contributed by atoms with Gasteiger partial charge in [-0.25, -0.2) is 0 Å². The lowest BCUT2D eigenvalue weighted by Crippen LogP contribution is -2.33. The molecule has 1 saturated heterocycles. The summed E-state index contributed by atoms with van der Waals surface area (Å²) < 4.78 is 0. The largest absolute Gasteiger partial charge is 0.352 e. The van der Waals surface area contributed by atoms with Gasteiger partial charge < -0.3 is 10.2 Å². The molecule has 1 amide bonds. The van der Waals surface area contributed by atoms with Crippen LogP contribution >= 0.6 is 0 Å². The van der Waals surface area contributed by atoms with E-state index in [1.54, 1.807) is 0 Å². The third kappa shape index (κ3) is 6.32. The molecular formula is C19H31N3O. The van der Waals surface area contributed by atoms with Crippen molar-refractivity contribution in [2.75, 3.05) is 40.3 Å². The van der Waals surface area contributed by atoms with Gasteiger partial charge in [-0.05, 0) is 70.1 Å². The molecule has 2 rings (SSSR count). The molecule has 0 radical (unpaired) electrons. The summed E-state index contributed by atoms with van der Waals surface area (Å²) in [5.41, 5.74) is 2.05. The maximum atomic E-state index is 12.1. The predicted molar refractivity (Wildman–Crippen MR) is 95.6 cm³/mol. The zero-order chi connectivity index (χ0) is 16.7. The molecular weight excluding hydrogens is 286 g/mol. The van der Waals surface area contributed by atoms with Gasteiger partial charge in [-0.15, -0.1) is 0 Å². The standard InChI is InChI=1S/C19H31N3O/c1-16-6-4-13-22(14-16)15-17-7-9-18(10-8-17)19(23)20-11-5-12-21(2)3/h7-10,16H,4-6,11-15H2,1-3H3,(H,20,23)/t16-/m1/s1. The van der Waals surface area contributed by atoms with Crippen molar-refractivity contribution in [2.24, 2.45) is 5.92 Å². The van der Waals surface area contributed by atoms with Gasteiger partial charge in [0.2, 0.25) is 0 Å². The molecule has 1 fully saturated rings. The first-order valence-corrected chi connectivity index (χ1v) is 8.79. The zero-order valence-corrected chi connectivity index (χ0v) is 14.8. The first kappa shape index (κ1) is 18.0. The lowest BCUT2D eigenvalue weighted by molar-refractivity contribution is 0.0952. The molecule has 1 aliphatic heterocycles. The number of amides is 1. The molecule has 1 atom stereocenters. The van der Waals surface area contributed by atoms with E-state index in [4.69, 9.17) is 0 Å². The van der Waals surface area contributed by atoms with Gasteiger partial charge >= 0.3 is 0 Å². The minimum absolute atomic E-state index is 0.0295. The topological polar surface area (TPSA) is 35.6 Å². The number of carbonyl (C=O) groups is 1. The number of rotatable bonds is 7. The minimum Gasteiger partial charge on any atom is -0.352 e. The number of nitrogens with zero attached hydrogens (tertiary/aromatic N) is 2. The van der Waals surface area contributed by atoms with Gasteiger partial charge in [0, 0.05) is 25.2 Å². The molecule has 1 N–H and O–H groups in total. The van der Waals surface area contributed by atoms with E-state index >= 15 is 0 Å². The highest BCUT2D eigenvalue weighted by atomic mass is 16.1. The molecule has 0 aliphatic carbocycles. The Morgan fingerprint density at radius 3 is 2.70 bits per heavy atom. The molecule has 0 spiro atoms. The van der Waals surface area contributed by atoms with E-state index < -0.39 is 0 Å². The molecule has 0 saturated carbocycles. The van der Waals surface area contributed by atoms with Crippen LogP contribution in [0.4, 0.5) is 0 Å². The number of nitrogens with one attached hydrogen (secondary N) is 1. The van der Waals surface area contributed by atoms with Gasteiger partial charge in [0.1, 0.15) is 0 Å². The fourth-order valence-electron chi connectivity index (χ4n) is 3.15. The fourth-order valence-corrected chi connectivity index (χ4v) is 3.15. The van der Waals surface area contributed by atoms with Crippen LogP contribution in [0.3, 0.4) is 0 Å². The van der Waals surface area contributed by atoms with E-state index in [9.17, 15) is 4.79 Å². The van der Waals surface area contributed by atoms with Crippen molar-refractivity contribution in [3.8, 4) is 0 Å². The van der Waals surface area contributed by atoms with Gasteiger partial charge in [0.05, 0.1) is 0 Å². The molecule has 4 nitrogen and oxygen atoms in total. The first-order chi connectivity index (χ1) is 11.0. The highest BCUT2D eigenvalue weighted by Gasteiger charge is 2.16. The van der Waals surface area contributed by atoms with Crippen LogP contribution in [0.15, 0.2) is 24.3 Å².